The van der Waals surface area contributed by atoms with Crippen molar-refractivity contribution in [2.24, 2.45) is 0 Å². The van der Waals surface area contributed by atoms with E-state index in [0.29, 0.717) is 19.4 Å². The van der Waals surface area contributed by atoms with Crippen LogP contribution in [-0.4, -0.2) is 48.2 Å². The number of hydrogen-bond donors (Lipinski definition) is 0. The molecule has 1 unspecified atom stereocenters. The predicted molar refractivity (Wildman–Crippen MR) is 224 cm³/mol. The molecule has 0 radical (unpaired) electrons. The predicted octanol–water partition coefficient (Wildman–Crippen LogP) is 14.6. The van der Waals surface area contributed by atoms with E-state index in [2.05, 4.69) is 32.6 Å². The molecule has 1 aliphatic rings. The lowest BCUT2D eigenvalue weighted by molar-refractivity contribution is -0.150. The molecule has 308 valence electrons. The van der Waals surface area contributed by atoms with E-state index in [1.165, 1.54) is 180 Å². The van der Waals surface area contributed by atoms with E-state index in [4.69, 9.17) is 9.47 Å². The number of ether oxygens (including phenoxy) is 2. The molecule has 0 aromatic rings. The highest BCUT2D eigenvalue weighted by Gasteiger charge is 2.36. The van der Waals surface area contributed by atoms with E-state index in [1.54, 1.807) is 0 Å². The highest BCUT2D eigenvalue weighted by molar-refractivity contribution is 5.69. The summed E-state index contributed by atoms with van der Waals surface area (Å²) in [6.45, 7) is 12.1. The Morgan fingerprint density at radius 3 is 1.52 bits per heavy atom. The molecule has 0 aromatic carbocycles. The Morgan fingerprint density at radius 2 is 0.962 bits per heavy atom. The maximum absolute atomic E-state index is 12.9. The van der Waals surface area contributed by atoms with Gasteiger partial charge in [0.1, 0.15) is 6.10 Å². The third-order valence-electron chi connectivity index (χ3n) is 12.0. The van der Waals surface area contributed by atoms with Crippen molar-refractivity contribution in [3.05, 3.63) is 0 Å². The monoisotopic (exact) mass is 734 g/mol. The van der Waals surface area contributed by atoms with Gasteiger partial charge in [0.05, 0.1) is 6.61 Å². The molecule has 0 amide bonds. The van der Waals surface area contributed by atoms with Gasteiger partial charge in [0.25, 0.3) is 0 Å². The fraction of sp³-hybridized carbons (Fsp3) is 0.957. The first-order valence-electron chi connectivity index (χ1n) is 23.6. The van der Waals surface area contributed by atoms with E-state index in [-0.39, 0.29) is 23.6 Å². The molecule has 1 heterocycles. The van der Waals surface area contributed by atoms with Crippen molar-refractivity contribution in [3.8, 4) is 0 Å². The zero-order valence-electron chi connectivity index (χ0n) is 35.7. The number of nitrogens with zero attached hydrogens (tertiary/aromatic N) is 1. The van der Waals surface area contributed by atoms with Crippen molar-refractivity contribution in [3.63, 3.8) is 0 Å². The van der Waals surface area contributed by atoms with Crippen LogP contribution in [0.3, 0.4) is 0 Å². The summed E-state index contributed by atoms with van der Waals surface area (Å²) in [5.41, 5.74) is 0.284. The van der Waals surface area contributed by atoms with E-state index in [9.17, 15) is 9.59 Å². The first-order valence-corrected chi connectivity index (χ1v) is 23.6. The van der Waals surface area contributed by atoms with E-state index in [0.717, 1.165) is 51.5 Å². The molecule has 0 aliphatic carbocycles. The summed E-state index contributed by atoms with van der Waals surface area (Å²) < 4.78 is 11.7. The van der Waals surface area contributed by atoms with Gasteiger partial charge in [0, 0.05) is 18.4 Å². The lowest BCUT2D eigenvalue weighted by atomic mass is 9.78. The molecule has 1 rings (SSSR count). The largest absolute Gasteiger partial charge is 0.466 e. The molecule has 0 aromatic heterocycles. The van der Waals surface area contributed by atoms with Crippen LogP contribution in [-0.2, 0) is 19.1 Å². The molecule has 1 fully saturated rings. The third kappa shape index (κ3) is 26.6. The van der Waals surface area contributed by atoms with E-state index in [1.807, 2.05) is 0 Å². The first kappa shape index (κ1) is 48.9. The second kappa shape index (κ2) is 35.6. The number of unbranched alkanes of at least 4 members (excludes halogenated alkanes) is 22. The van der Waals surface area contributed by atoms with Crippen LogP contribution in [0.5, 0.6) is 0 Å². The van der Waals surface area contributed by atoms with Crippen molar-refractivity contribution < 1.29 is 19.1 Å². The van der Waals surface area contributed by atoms with Gasteiger partial charge in [-0.2, -0.15) is 0 Å². The average molecular weight is 734 g/mol. The normalized spacial score (nSPS) is 16.5. The number of carbonyl (C=O) groups excluding carboxylic acids is 2. The van der Waals surface area contributed by atoms with Crippen molar-refractivity contribution in [2.45, 2.75) is 270 Å². The minimum atomic E-state index is -0.000673. The first-order chi connectivity index (χ1) is 25.5. The molecule has 0 saturated carbocycles. The summed E-state index contributed by atoms with van der Waals surface area (Å²) in [5.74, 6) is 0.0360. The van der Waals surface area contributed by atoms with Crippen LogP contribution < -0.4 is 0 Å². The van der Waals surface area contributed by atoms with Crippen LogP contribution in [0.25, 0.3) is 0 Å². The quantitative estimate of drug-likeness (QED) is 0.0467. The van der Waals surface area contributed by atoms with Gasteiger partial charge in [0.2, 0.25) is 0 Å². The Balaban J connectivity index is 2.34. The maximum atomic E-state index is 12.9. The molecule has 1 saturated heterocycles. The van der Waals surface area contributed by atoms with Gasteiger partial charge in [-0.15, -0.1) is 0 Å². The topological polar surface area (TPSA) is 55.8 Å². The molecule has 0 bridgehead atoms. The van der Waals surface area contributed by atoms with Crippen LogP contribution in [0.4, 0.5) is 0 Å². The Morgan fingerprint density at radius 1 is 0.519 bits per heavy atom. The minimum Gasteiger partial charge on any atom is -0.466 e. The fourth-order valence-electron chi connectivity index (χ4n) is 8.62. The fourth-order valence-corrected chi connectivity index (χ4v) is 8.62. The van der Waals surface area contributed by atoms with Gasteiger partial charge in [-0.3, -0.25) is 14.5 Å². The number of carbonyl (C=O) groups is 2. The summed E-state index contributed by atoms with van der Waals surface area (Å²) in [5, 5.41) is 0. The highest BCUT2D eigenvalue weighted by Crippen LogP contribution is 2.37. The molecule has 52 heavy (non-hydrogen) atoms. The lowest BCUT2D eigenvalue weighted by Crippen LogP contribution is -2.51. The van der Waals surface area contributed by atoms with Crippen LogP contribution >= 0.6 is 0 Å². The summed E-state index contributed by atoms with van der Waals surface area (Å²) >= 11 is 0. The molecule has 1 atom stereocenters. The summed E-state index contributed by atoms with van der Waals surface area (Å²) in [6, 6.07) is 0. The number of likely N-dealkylation sites (tertiary alicyclic amines) is 1. The van der Waals surface area contributed by atoms with Gasteiger partial charge in [-0.05, 0) is 83.7 Å². The van der Waals surface area contributed by atoms with Crippen molar-refractivity contribution in [1.82, 2.24) is 4.90 Å². The average Bonchev–Trinajstić information content (AvgIpc) is 3.15. The Bertz CT molecular complexity index is 786. The molecule has 0 spiro atoms. The number of piperidine rings is 1. The summed E-state index contributed by atoms with van der Waals surface area (Å²) in [6.07, 6.45) is 43.3. The number of hydrogen-bond acceptors (Lipinski definition) is 5. The lowest BCUT2D eigenvalue weighted by Gasteiger charge is -2.48. The molecule has 5 nitrogen and oxygen atoms in total. The third-order valence-corrected chi connectivity index (χ3v) is 12.0. The van der Waals surface area contributed by atoms with Crippen molar-refractivity contribution in [2.75, 3.05) is 19.7 Å². The van der Waals surface area contributed by atoms with Gasteiger partial charge in [-0.25, -0.2) is 0 Å². The number of rotatable bonds is 38. The molecular formula is C47H91NO4. The summed E-state index contributed by atoms with van der Waals surface area (Å²) in [7, 11) is 0. The maximum Gasteiger partial charge on any atom is 0.306 e. The van der Waals surface area contributed by atoms with E-state index < -0.39 is 0 Å². The van der Waals surface area contributed by atoms with Crippen LogP contribution in [0, 0.1) is 0 Å². The zero-order valence-corrected chi connectivity index (χ0v) is 35.7. The Labute approximate surface area is 325 Å². The molecule has 5 heteroatoms. The van der Waals surface area contributed by atoms with Crippen molar-refractivity contribution >= 4 is 11.9 Å². The SMILES string of the molecule is CCCCCCCCCCCOC(=O)CCCCC1(CCCCCCC(=O)OC(CCCCCCCC)CCCCCCCC)CCCCN1CC. The Kier molecular flexibility index (Phi) is 33.5. The second-order valence-electron chi connectivity index (χ2n) is 16.7. The van der Waals surface area contributed by atoms with Gasteiger partial charge >= 0.3 is 11.9 Å². The molecule has 0 N–H and O–H groups in total. The van der Waals surface area contributed by atoms with E-state index >= 15 is 0 Å². The summed E-state index contributed by atoms with van der Waals surface area (Å²) in [4.78, 5) is 28.1. The number of esters is 2. The van der Waals surface area contributed by atoms with Crippen LogP contribution in [0.1, 0.15) is 259 Å². The standard InChI is InChI=1S/C47H91NO4/c1-5-9-12-15-18-19-20-25-34-43-51-45(49)37-29-31-40-47(41-32-33-42-48(47)8-4)39-30-24-23-28-38-46(50)52-44(35-26-21-16-13-10-6-2)36-27-22-17-14-11-7-3/h44H,5-43H2,1-4H3. The second-order valence-corrected chi connectivity index (χ2v) is 16.7. The molecule has 1 aliphatic heterocycles. The van der Waals surface area contributed by atoms with Gasteiger partial charge < -0.3 is 9.47 Å². The molecular weight excluding hydrogens is 643 g/mol. The smallest absolute Gasteiger partial charge is 0.306 e. The van der Waals surface area contributed by atoms with Crippen LogP contribution in [0.2, 0.25) is 0 Å². The van der Waals surface area contributed by atoms with Crippen LogP contribution in [0.15, 0.2) is 0 Å². The Hall–Kier alpha value is -1.10. The minimum absolute atomic E-state index is 0.000673. The van der Waals surface area contributed by atoms with Gasteiger partial charge in [0.15, 0.2) is 0 Å². The van der Waals surface area contributed by atoms with Gasteiger partial charge in [-0.1, -0.05) is 175 Å². The van der Waals surface area contributed by atoms with Crippen molar-refractivity contribution in [1.29, 1.82) is 0 Å². The highest BCUT2D eigenvalue weighted by atomic mass is 16.5. The zero-order chi connectivity index (χ0) is 37.8.